The smallest absolute Gasteiger partial charge is 0.191 e. The summed E-state index contributed by atoms with van der Waals surface area (Å²) in [6.45, 7) is 9.48. The summed E-state index contributed by atoms with van der Waals surface area (Å²) in [6, 6.07) is 8.78. The van der Waals surface area contributed by atoms with Crippen LogP contribution in [0.2, 0.25) is 0 Å². The first-order valence-electron chi connectivity index (χ1n) is 8.51. The Labute approximate surface area is 144 Å². The van der Waals surface area contributed by atoms with Crippen LogP contribution in [0.15, 0.2) is 29.3 Å². The number of hydrogen-bond acceptors (Lipinski definition) is 3. The molecule has 1 saturated heterocycles. The number of fused-ring (bicyclic) bond motifs is 1. The van der Waals surface area contributed by atoms with Crippen LogP contribution in [0.3, 0.4) is 0 Å². The van der Waals surface area contributed by atoms with Crippen LogP contribution in [-0.2, 0) is 13.0 Å². The summed E-state index contributed by atoms with van der Waals surface area (Å²) < 4.78 is 0. The third kappa shape index (κ3) is 4.01. The molecule has 0 aromatic heterocycles. The zero-order valence-corrected chi connectivity index (χ0v) is 15.1. The second-order valence-corrected chi connectivity index (χ2v) is 8.25. The van der Waals surface area contributed by atoms with Crippen molar-refractivity contribution in [2.75, 3.05) is 37.7 Å². The molecule has 0 aliphatic carbocycles. The van der Waals surface area contributed by atoms with E-state index in [1.807, 2.05) is 11.8 Å². The number of nitrogens with zero attached hydrogens (tertiary/aromatic N) is 3. The van der Waals surface area contributed by atoms with Crippen molar-refractivity contribution in [2.45, 2.75) is 32.4 Å². The molecule has 0 bridgehead atoms. The largest absolute Gasteiger partial charge is 0.370 e. The van der Waals surface area contributed by atoms with E-state index in [1.165, 1.54) is 11.1 Å². The Balaban J connectivity index is 1.63. The summed E-state index contributed by atoms with van der Waals surface area (Å²) in [6.07, 6.45) is 1.13. The third-order valence-electron chi connectivity index (χ3n) is 4.95. The number of thioether (sulfide) groups is 1. The molecule has 2 aliphatic heterocycles. The fourth-order valence-electron chi connectivity index (χ4n) is 3.28. The molecular formula is C18H28N4S. The van der Waals surface area contributed by atoms with E-state index < -0.39 is 0 Å². The van der Waals surface area contributed by atoms with Crippen LogP contribution < -0.4 is 5.73 Å². The summed E-state index contributed by atoms with van der Waals surface area (Å²) in [4.78, 5) is 9.48. The molecule has 0 spiro atoms. The molecule has 126 valence electrons. The van der Waals surface area contributed by atoms with E-state index in [9.17, 15) is 0 Å². The molecule has 3 rings (SSSR count). The number of benzene rings is 1. The zero-order valence-electron chi connectivity index (χ0n) is 14.3. The van der Waals surface area contributed by atoms with Crippen molar-refractivity contribution in [3.8, 4) is 0 Å². The monoisotopic (exact) mass is 332 g/mol. The van der Waals surface area contributed by atoms with Crippen LogP contribution in [0.25, 0.3) is 0 Å². The molecule has 0 unspecified atom stereocenters. The average molecular weight is 333 g/mol. The predicted molar refractivity (Wildman–Crippen MR) is 100 cm³/mol. The second kappa shape index (κ2) is 7.14. The Bertz CT molecular complexity index is 564. The highest BCUT2D eigenvalue weighted by molar-refractivity contribution is 7.99. The van der Waals surface area contributed by atoms with Crippen LogP contribution in [0.1, 0.15) is 25.0 Å². The van der Waals surface area contributed by atoms with Gasteiger partial charge in [-0.25, -0.2) is 0 Å². The topological polar surface area (TPSA) is 44.9 Å². The second-order valence-electron chi connectivity index (χ2n) is 7.03. The fourth-order valence-corrected chi connectivity index (χ4v) is 4.18. The predicted octanol–water partition coefficient (Wildman–Crippen LogP) is 2.19. The number of nitrogens with two attached hydrogens (primary N) is 1. The first-order valence-corrected chi connectivity index (χ1v) is 9.66. The number of guanidine groups is 1. The SMILES string of the molecule is CC(C)(CN=C(N)N1CCSCC1)N1CCc2ccccc2C1. The quantitative estimate of drug-likeness (QED) is 0.681. The molecule has 2 aliphatic rings. The molecule has 2 N–H and O–H groups in total. The van der Waals surface area contributed by atoms with Crippen molar-refractivity contribution in [3.05, 3.63) is 35.4 Å². The summed E-state index contributed by atoms with van der Waals surface area (Å²) in [5, 5.41) is 0. The highest BCUT2D eigenvalue weighted by Crippen LogP contribution is 2.25. The van der Waals surface area contributed by atoms with Crippen molar-refractivity contribution < 1.29 is 0 Å². The minimum Gasteiger partial charge on any atom is -0.370 e. The van der Waals surface area contributed by atoms with Crippen LogP contribution in [0.4, 0.5) is 0 Å². The van der Waals surface area contributed by atoms with Gasteiger partial charge in [-0.1, -0.05) is 24.3 Å². The van der Waals surface area contributed by atoms with Gasteiger partial charge >= 0.3 is 0 Å². The maximum absolute atomic E-state index is 6.21. The minimum atomic E-state index is 0.0304. The number of hydrogen-bond donors (Lipinski definition) is 1. The lowest BCUT2D eigenvalue weighted by Crippen LogP contribution is -2.50. The summed E-state index contributed by atoms with van der Waals surface area (Å²) in [7, 11) is 0. The lowest BCUT2D eigenvalue weighted by atomic mass is 9.94. The van der Waals surface area contributed by atoms with E-state index in [-0.39, 0.29) is 5.54 Å². The molecule has 1 fully saturated rings. The van der Waals surface area contributed by atoms with Gasteiger partial charge in [-0.05, 0) is 31.4 Å². The van der Waals surface area contributed by atoms with Gasteiger partial charge in [0, 0.05) is 43.2 Å². The Morgan fingerprint density at radius 2 is 1.87 bits per heavy atom. The van der Waals surface area contributed by atoms with E-state index in [2.05, 4.69) is 47.9 Å². The molecule has 5 heteroatoms. The Morgan fingerprint density at radius 1 is 1.17 bits per heavy atom. The van der Waals surface area contributed by atoms with Gasteiger partial charge in [0.25, 0.3) is 0 Å². The molecule has 0 saturated carbocycles. The number of rotatable bonds is 3. The van der Waals surface area contributed by atoms with E-state index in [0.717, 1.165) is 56.6 Å². The standard InChI is InChI=1S/C18H28N4S/c1-18(2,14-20-17(19)21-9-11-23-12-10-21)22-8-7-15-5-3-4-6-16(15)13-22/h3-6H,7-14H2,1-2H3,(H2,19,20). The minimum absolute atomic E-state index is 0.0304. The average Bonchev–Trinajstić information content (AvgIpc) is 2.60. The van der Waals surface area contributed by atoms with Crippen LogP contribution in [0, 0.1) is 0 Å². The van der Waals surface area contributed by atoms with E-state index in [0.29, 0.717) is 0 Å². The molecule has 0 radical (unpaired) electrons. The van der Waals surface area contributed by atoms with Crippen molar-refractivity contribution in [2.24, 2.45) is 10.7 Å². The summed E-state index contributed by atoms with van der Waals surface area (Å²) in [5.74, 6) is 3.03. The van der Waals surface area contributed by atoms with Crippen LogP contribution in [0.5, 0.6) is 0 Å². The first-order chi connectivity index (χ1) is 11.1. The maximum atomic E-state index is 6.21. The molecule has 1 aromatic carbocycles. The first kappa shape index (κ1) is 16.7. The van der Waals surface area contributed by atoms with Gasteiger partial charge in [0.2, 0.25) is 0 Å². The van der Waals surface area contributed by atoms with Gasteiger partial charge in [0.05, 0.1) is 6.54 Å². The Kier molecular flexibility index (Phi) is 5.17. The van der Waals surface area contributed by atoms with Gasteiger partial charge in [-0.3, -0.25) is 9.89 Å². The van der Waals surface area contributed by atoms with Gasteiger partial charge in [-0.15, -0.1) is 0 Å². The van der Waals surface area contributed by atoms with Crippen LogP contribution in [-0.4, -0.2) is 59.0 Å². The lowest BCUT2D eigenvalue weighted by molar-refractivity contribution is 0.111. The molecule has 2 heterocycles. The van der Waals surface area contributed by atoms with Crippen molar-refractivity contribution in [1.29, 1.82) is 0 Å². The van der Waals surface area contributed by atoms with E-state index in [4.69, 9.17) is 10.7 Å². The molecular weight excluding hydrogens is 304 g/mol. The zero-order chi connectivity index (χ0) is 16.3. The van der Waals surface area contributed by atoms with Crippen molar-refractivity contribution >= 4 is 17.7 Å². The van der Waals surface area contributed by atoms with Gasteiger partial charge in [0.1, 0.15) is 0 Å². The number of aliphatic imine (C=N–C) groups is 1. The van der Waals surface area contributed by atoms with Gasteiger partial charge in [0.15, 0.2) is 5.96 Å². The van der Waals surface area contributed by atoms with Gasteiger partial charge in [-0.2, -0.15) is 11.8 Å². The van der Waals surface area contributed by atoms with Crippen molar-refractivity contribution in [1.82, 2.24) is 9.80 Å². The highest BCUT2D eigenvalue weighted by Gasteiger charge is 2.29. The molecule has 23 heavy (non-hydrogen) atoms. The Hall–Kier alpha value is -1.20. The van der Waals surface area contributed by atoms with Gasteiger partial charge < -0.3 is 10.6 Å². The fraction of sp³-hybridized carbons (Fsp3) is 0.611. The molecule has 0 atom stereocenters. The molecule has 4 nitrogen and oxygen atoms in total. The third-order valence-corrected chi connectivity index (χ3v) is 5.89. The van der Waals surface area contributed by atoms with E-state index in [1.54, 1.807) is 0 Å². The molecule has 0 amide bonds. The summed E-state index contributed by atoms with van der Waals surface area (Å²) >= 11 is 2.00. The van der Waals surface area contributed by atoms with Crippen molar-refractivity contribution in [3.63, 3.8) is 0 Å². The highest BCUT2D eigenvalue weighted by atomic mass is 32.2. The lowest BCUT2D eigenvalue weighted by Gasteiger charge is -2.41. The van der Waals surface area contributed by atoms with Crippen LogP contribution >= 0.6 is 11.8 Å². The maximum Gasteiger partial charge on any atom is 0.191 e. The summed E-state index contributed by atoms with van der Waals surface area (Å²) in [5.41, 5.74) is 9.19. The molecule has 1 aromatic rings. The normalized spacial score (nSPS) is 20.4. The van der Waals surface area contributed by atoms with E-state index >= 15 is 0 Å². The Morgan fingerprint density at radius 3 is 2.61 bits per heavy atom.